The lowest BCUT2D eigenvalue weighted by Gasteiger charge is -2.26. The van der Waals surface area contributed by atoms with Crippen LogP contribution >= 0.6 is 0 Å². The molecule has 0 aliphatic heterocycles. The lowest BCUT2D eigenvalue weighted by Crippen LogP contribution is -2.40. The Labute approximate surface area is 85.9 Å². The van der Waals surface area contributed by atoms with E-state index in [1.807, 2.05) is 6.92 Å². The molecule has 1 unspecified atom stereocenters. The normalized spacial score (nSPS) is 29.6. The zero-order valence-corrected chi connectivity index (χ0v) is 9.12. The molecule has 0 heterocycles. The van der Waals surface area contributed by atoms with E-state index < -0.39 is 0 Å². The topological polar surface area (TPSA) is 49.3 Å². The van der Waals surface area contributed by atoms with Crippen LogP contribution in [0.5, 0.6) is 0 Å². The fourth-order valence-corrected chi connectivity index (χ4v) is 1.93. The van der Waals surface area contributed by atoms with Gasteiger partial charge in [0.15, 0.2) is 0 Å². The average molecular weight is 199 g/mol. The molecule has 0 aromatic rings. The lowest BCUT2D eigenvalue weighted by atomic mass is 9.82. The molecule has 0 aromatic carbocycles. The molecule has 1 aliphatic rings. The maximum absolute atomic E-state index is 11.7. The summed E-state index contributed by atoms with van der Waals surface area (Å²) in [5.41, 5.74) is 0. The highest BCUT2D eigenvalue weighted by Gasteiger charge is 2.24. The molecule has 0 spiro atoms. The van der Waals surface area contributed by atoms with Gasteiger partial charge in [-0.3, -0.25) is 4.79 Å². The minimum Gasteiger partial charge on any atom is -0.394 e. The van der Waals surface area contributed by atoms with Crippen LogP contribution in [0.15, 0.2) is 0 Å². The Morgan fingerprint density at radius 1 is 1.43 bits per heavy atom. The molecule has 1 fully saturated rings. The Morgan fingerprint density at radius 2 is 2.00 bits per heavy atom. The van der Waals surface area contributed by atoms with Crippen molar-refractivity contribution in [3.05, 3.63) is 0 Å². The fraction of sp³-hybridized carbons (Fsp3) is 0.909. The first-order valence-corrected chi connectivity index (χ1v) is 5.54. The molecule has 0 saturated heterocycles. The Balaban J connectivity index is 2.30. The summed E-state index contributed by atoms with van der Waals surface area (Å²) < 4.78 is 0. The molecule has 82 valence electrons. The number of aliphatic hydroxyl groups excluding tert-OH is 1. The van der Waals surface area contributed by atoms with E-state index >= 15 is 0 Å². The summed E-state index contributed by atoms with van der Waals surface area (Å²) in [6.07, 6.45) is 4.33. The van der Waals surface area contributed by atoms with E-state index in [2.05, 4.69) is 12.2 Å². The second-order valence-electron chi connectivity index (χ2n) is 4.55. The van der Waals surface area contributed by atoms with Gasteiger partial charge < -0.3 is 10.4 Å². The largest absolute Gasteiger partial charge is 0.394 e. The van der Waals surface area contributed by atoms with Crippen molar-refractivity contribution in [1.82, 2.24) is 5.32 Å². The van der Waals surface area contributed by atoms with Crippen molar-refractivity contribution in [3.63, 3.8) is 0 Å². The standard InChI is InChI=1S/C11H21NO2/c1-8-3-5-10(6-4-8)11(14)12-9(2)7-13/h8-10,13H,3-7H2,1-2H3,(H,12,14)/t8-,9?,10-. The zero-order chi connectivity index (χ0) is 10.6. The predicted octanol–water partition coefficient (Wildman–Crippen LogP) is 1.31. The first-order valence-electron chi connectivity index (χ1n) is 5.54. The average Bonchev–Trinajstić information content (AvgIpc) is 2.18. The molecular weight excluding hydrogens is 178 g/mol. The third-order valence-corrected chi connectivity index (χ3v) is 3.05. The smallest absolute Gasteiger partial charge is 0.223 e. The van der Waals surface area contributed by atoms with Crippen LogP contribution in [0, 0.1) is 11.8 Å². The van der Waals surface area contributed by atoms with E-state index in [0.717, 1.165) is 31.6 Å². The molecule has 0 radical (unpaired) electrons. The minimum absolute atomic E-state index is 0.0227. The molecule has 1 saturated carbocycles. The van der Waals surface area contributed by atoms with Gasteiger partial charge in [0, 0.05) is 12.0 Å². The van der Waals surface area contributed by atoms with Crippen LogP contribution in [-0.4, -0.2) is 23.7 Å². The second-order valence-corrected chi connectivity index (χ2v) is 4.55. The molecule has 1 atom stereocenters. The van der Waals surface area contributed by atoms with Crippen LogP contribution in [-0.2, 0) is 4.79 Å². The number of nitrogens with one attached hydrogen (secondary N) is 1. The van der Waals surface area contributed by atoms with Crippen LogP contribution in [0.1, 0.15) is 39.5 Å². The van der Waals surface area contributed by atoms with E-state index in [0.29, 0.717) is 0 Å². The molecule has 1 aliphatic carbocycles. The minimum atomic E-state index is -0.109. The number of hydrogen-bond acceptors (Lipinski definition) is 2. The van der Waals surface area contributed by atoms with Gasteiger partial charge in [-0.05, 0) is 38.5 Å². The molecule has 3 nitrogen and oxygen atoms in total. The summed E-state index contributed by atoms with van der Waals surface area (Å²) in [5.74, 6) is 1.08. The van der Waals surface area contributed by atoms with Crippen LogP contribution in [0.25, 0.3) is 0 Å². The number of amides is 1. The van der Waals surface area contributed by atoms with Gasteiger partial charge in [-0.2, -0.15) is 0 Å². The van der Waals surface area contributed by atoms with E-state index in [1.54, 1.807) is 0 Å². The quantitative estimate of drug-likeness (QED) is 0.720. The monoisotopic (exact) mass is 199 g/mol. The highest BCUT2D eigenvalue weighted by atomic mass is 16.3. The van der Waals surface area contributed by atoms with Gasteiger partial charge in [0.05, 0.1) is 6.61 Å². The van der Waals surface area contributed by atoms with Gasteiger partial charge in [0.2, 0.25) is 5.91 Å². The van der Waals surface area contributed by atoms with E-state index in [1.165, 1.54) is 0 Å². The van der Waals surface area contributed by atoms with Gasteiger partial charge in [0.25, 0.3) is 0 Å². The molecule has 3 heteroatoms. The molecular formula is C11H21NO2. The van der Waals surface area contributed by atoms with Gasteiger partial charge in [-0.25, -0.2) is 0 Å². The number of rotatable bonds is 3. The fourth-order valence-electron chi connectivity index (χ4n) is 1.93. The Kier molecular flexibility index (Phi) is 4.39. The first kappa shape index (κ1) is 11.5. The van der Waals surface area contributed by atoms with Gasteiger partial charge in [-0.1, -0.05) is 6.92 Å². The van der Waals surface area contributed by atoms with Crippen molar-refractivity contribution in [3.8, 4) is 0 Å². The number of hydrogen-bond donors (Lipinski definition) is 2. The summed E-state index contributed by atoms with van der Waals surface area (Å²) in [6.45, 7) is 4.09. The van der Waals surface area contributed by atoms with Gasteiger partial charge >= 0.3 is 0 Å². The van der Waals surface area contributed by atoms with Crippen LogP contribution in [0.4, 0.5) is 0 Å². The van der Waals surface area contributed by atoms with Crippen molar-refractivity contribution in [2.24, 2.45) is 11.8 Å². The van der Waals surface area contributed by atoms with Gasteiger partial charge in [-0.15, -0.1) is 0 Å². The number of aliphatic hydroxyl groups is 1. The number of carbonyl (C=O) groups is 1. The maximum atomic E-state index is 11.7. The molecule has 0 aromatic heterocycles. The highest BCUT2D eigenvalue weighted by molar-refractivity contribution is 5.78. The van der Waals surface area contributed by atoms with Crippen LogP contribution < -0.4 is 5.32 Å². The van der Waals surface area contributed by atoms with Crippen molar-refractivity contribution in [2.75, 3.05) is 6.61 Å². The molecule has 2 N–H and O–H groups in total. The zero-order valence-electron chi connectivity index (χ0n) is 9.12. The summed E-state index contributed by atoms with van der Waals surface area (Å²) in [4.78, 5) is 11.7. The molecule has 1 rings (SSSR count). The third-order valence-electron chi connectivity index (χ3n) is 3.05. The SMILES string of the molecule is CC(CO)NC(=O)[C@H]1CC[C@H](C)CC1. The molecule has 1 amide bonds. The lowest BCUT2D eigenvalue weighted by molar-refractivity contribution is -0.127. The van der Waals surface area contributed by atoms with Crippen LogP contribution in [0.2, 0.25) is 0 Å². The highest BCUT2D eigenvalue weighted by Crippen LogP contribution is 2.28. The Bertz CT molecular complexity index is 186. The summed E-state index contributed by atoms with van der Waals surface area (Å²) in [6, 6.07) is -0.109. The Hall–Kier alpha value is -0.570. The van der Waals surface area contributed by atoms with E-state index in [4.69, 9.17) is 5.11 Å². The summed E-state index contributed by atoms with van der Waals surface area (Å²) >= 11 is 0. The first-order chi connectivity index (χ1) is 6.63. The van der Waals surface area contributed by atoms with Crippen molar-refractivity contribution in [2.45, 2.75) is 45.6 Å². The molecule has 14 heavy (non-hydrogen) atoms. The van der Waals surface area contributed by atoms with Crippen molar-refractivity contribution in [1.29, 1.82) is 0 Å². The third kappa shape index (κ3) is 3.29. The summed E-state index contributed by atoms with van der Waals surface area (Å²) in [7, 11) is 0. The van der Waals surface area contributed by atoms with E-state index in [-0.39, 0.29) is 24.5 Å². The van der Waals surface area contributed by atoms with Crippen molar-refractivity contribution >= 4 is 5.91 Å². The van der Waals surface area contributed by atoms with Crippen molar-refractivity contribution < 1.29 is 9.90 Å². The summed E-state index contributed by atoms with van der Waals surface area (Å²) in [5, 5.41) is 11.6. The predicted molar refractivity (Wildman–Crippen MR) is 55.8 cm³/mol. The Morgan fingerprint density at radius 3 is 2.50 bits per heavy atom. The van der Waals surface area contributed by atoms with Crippen LogP contribution in [0.3, 0.4) is 0 Å². The second kappa shape index (κ2) is 5.35. The van der Waals surface area contributed by atoms with Gasteiger partial charge in [0.1, 0.15) is 0 Å². The molecule has 0 bridgehead atoms. The van der Waals surface area contributed by atoms with E-state index in [9.17, 15) is 4.79 Å². The maximum Gasteiger partial charge on any atom is 0.223 e. The number of carbonyl (C=O) groups excluding carboxylic acids is 1.